The number of carbonyl (C=O) groups excluding carboxylic acids is 1. The molecule has 98 valence electrons. The van der Waals surface area contributed by atoms with E-state index < -0.39 is 12.0 Å². The molecule has 3 N–H and O–H groups in total. The minimum absolute atomic E-state index is 0.192. The van der Waals surface area contributed by atoms with Gasteiger partial charge in [0.1, 0.15) is 6.04 Å². The van der Waals surface area contributed by atoms with Gasteiger partial charge in [0, 0.05) is 26.6 Å². The lowest BCUT2D eigenvalue weighted by molar-refractivity contribution is -0.142. The SMILES string of the molecule is COCCC(NC(=O)CC1CCNC1)C(=O)O. The van der Waals surface area contributed by atoms with Crippen molar-refractivity contribution in [1.82, 2.24) is 10.6 Å². The van der Waals surface area contributed by atoms with E-state index in [1.54, 1.807) is 0 Å². The van der Waals surface area contributed by atoms with Crippen molar-refractivity contribution in [3.05, 3.63) is 0 Å². The van der Waals surface area contributed by atoms with Gasteiger partial charge >= 0.3 is 5.97 Å². The highest BCUT2D eigenvalue weighted by Crippen LogP contribution is 2.11. The molecule has 1 amide bonds. The summed E-state index contributed by atoms with van der Waals surface area (Å²) in [5.41, 5.74) is 0. The van der Waals surface area contributed by atoms with Gasteiger partial charge in [-0.2, -0.15) is 0 Å². The van der Waals surface area contributed by atoms with Crippen LogP contribution in [0.2, 0.25) is 0 Å². The number of methoxy groups -OCH3 is 1. The van der Waals surface area contributed by atoms with E-state index in [1.165, 1.54) is 7.11 Å². The van der Waals surface area contributed by atoms with Gasteiger partial charge in [0.15, 0.2) is 0 Å². The van der Waals surface area contributed by atoms with Gasteiger partial charge in [0.05, 0.1) is 0 Å². The minimum Gasteiger partial charge on any atom is -0.480 e. The zero-order valence-electron chi connectivity index (χ0n) is 10.1. The smallest absolute Gasteiger partial charge is 0.326 e. The van der Waals surface area contributed by atoms with Gasteiger partial charge in [-0.25, -0.2) is 4.79 Å². The molecule has 1 aliphatic rings. The van der Waals surface area contributed by atoms with Crippen LogP contribution in [-0.2, 0) is 14.3 Å². The second kappa shape index (κ2) is 7.24. The Morgan fingerprint density at radius 3 is 2.88 bits per heavy atom. The Bertz CT molecular complexity index is 264. The predicted molar refractivity (Wildman–Crippen MR) is 61.7 cm³/mol. The molecule has 0 aromatic rings. The Balaban J connectivity index is 2.32. The third kappa shape index (κ3) is 5.14. The van der Waals surface area contributed by atoms with Crippen molar-refractivity contribution in [2.24, 2.45) is 5.92 Å². The van der Waals surface area contributed by atoms with Gasteiger partial charge in [0.2, 0.25) is 5.91 Å². The summed E-state index contributed by atoms with van der Waals surface area (Å²) >= 11 is 0. The van der Waals surface area contributed by atoms with E-state index in [2.05, 4.69) is 10.6 Å². The van der Waals surface area contributed by atoms with Crippen LogP contribution in [0.3, 0.4) is 0 Å². The molecule has 1 fully saturated rings. The van der Waals surface area contributed by atoms with Crippen LogP contribution in [0, 0.1) is 5.92 Å². The number of carboxylic acids is 1. The van der Waals surface area contributed by atoms with Crippen LogP contribution in [0.25, 0.3) is 0 Å². The van der Waals surface area contributed by atoms with Crippen molar-refractivity contribution in [2.45, 2.75) is 25.3 Å². The molecule has 0 bridgehead atoms. The summed E-state index contributed by atoms with van der Waals surface area (Å²) in [4.78, 5) is 22.5. The molecule has 6 heteroatoms. The van der Waals surface area contributed by atoms with Crippen molar-refractivity contribution < 1.29 is 19.4 Å². The molecule has 1 rings (SSSR count). The largest absolute Gasteiger partial charge is 0.480 e. The van der Waals surface area contributed by atoms with Crippen LogP contribution < -0.4 is 10.6 Å². The predicted octanol–water partition coefficient (Wildman–Crippen LogP) is -0.408. The molecule has 1 heterocycles. The van der Waals surface area contributed by atoms with Crippen molar-refractivity contribution in [2.75, 3.05) is 26.8 Å². The van der Waals surface area contributed by atoms with Crippen molar-refractivity contribution in [3.8, 4) is 0 Å². The number of hydrogen-bond acceptors (Lipinski definition) is 4. The van der Waals surface area contributed by atoms with Gasteiger partial charge in [-0.15, -0.1) is 0 Å². The topological polar surface area (TPSA) is 87.7 Å². The molecule has 0 aliphatic carbocycles. The first-order valence-corrected chi connectivity index (χ1v) is 5.85. The summed E-state index contributed by atoms with van der Waals surface area (Å²) in [7, 11) is 1.50. The highest BCUT2D eigenvalue weighted by molar-refractivity contribution is 5.83. The summed E-state index contributed by atoms with van der Waals surface area (Å²) in [6, 6.07) is -0.850. The number of hydrogen-bond donors (Lipinski definition) is 3. The lowest BCUT2D eigenvalue weighted by Crippen LogP contribution is -2.42. The summed E-state index contributed by atoms with van der Waals surface area (Å²) in [5.74, 6) is -0.881. The number of rotatable bonds is 7. The normalized spacial score (nSPS) is 21.1. The first kappa shape index (κ1) is 13.9. The van der Waals surface area contributed by atoms with Crippen LogP contribution in [-0.4, -0.2) is 49.8 Å². The third-order valence-corrected chi connectivity index (χ3v) is 2.88. The zero-order valence-corrected chi connectivity index (χ0v) is 10.1. The third-order valence-electron chi connectivity index (χ3n) is 2.88. The first-order valence-electron chi connectivity index (χ1n) is 5.85. The fourth-order valence-corrected chi connectivity index (χ4v) is 1.90. The number of carboxylic acid groups (broad SMARTS) is 1. The maximum Gasteiger partial charge on any atom is 0.326 e. The van der Waals surface area contributed by atoms with Crippen LogP contribution in [0.15, 0.2) is 0 Å². The molecule has 0 aromatic heterocycles. The second-order valence-electron chi connectivity index (χ2n) is 4.30. The summed E-state index contributed by atoms with van der Waals surface area (Å²) in [5, 5.41) is 14.6. The lowest BCUT2D eigenvalue weighted by atomic mass is 10.0. The molecule has 2 atom stereocenters. The van der Waals surface area contributed by atoms with Crippen LogP contribution in [0.5, 0.6) is 0 Å². The minimum atomic E-state index is -1.01. The number of nitrogens with one attached hydrogen (secondary N) is 2. The quantitative estimate of drug-likeness (QED) is 0.567. The van der Waals surface area contributed by atoms with Crippen molar-refractivity contribution in [3.63, 3.8) is 0 Å². The molecule has 0 saturated carbocycles. The van der Waals surface area contributed by atoms with Gasteiger partial charge in [-0.05, 0) is 25.4 Å². The average Bonchev–Trinajstić information content (AvgIpc) is 2.76. The molecular weight excluding hydrogens is 224 g/mol. The monoisotopic (exact) mass is 244 g/mol. The molecule has 0 aromatic carbocycles. The summed E-state index contributed by atoms with van der Waals surface area (Å²) in [6.07, 6.45) is 1.66. The van der Waals surface area contributed by atoms with Crippen molar-refractivity contribution in [1.29, 1.82) is 0 Å². The molecule has 0 spiro atoms. The summed E-state index contributed by atoms with van der Waals surface area (Å²) in [6.45, 7) is 2.09. The van der Waals surface area contributed by atoms with Gasteiger partial charge in [-0.3, -0.25) is 4.79 Å². The Morgan fingerprint density at radius 2 is 2.35 bits per heavy atom. The Kier molecular flexibility index (Phi) is 5.93. The molecule has 6 nitrogen and oxygen atoms in total. The molecule has 17 heavy (non-hydrogen) atoms. The molecule has 2 unspecified atom stereocenters. The van der Waals surface area contributed by atoms with Crippen molar-refractivity contribution >= 4 is 11.9 Å². The zero-order chi connectivity index (χ0) is 12.7. The molecular formula is C11H20N2O4. The van der Waals surface area contributed by atoms with E-state index in [4.69, 9.17) is 9.84 Å². The molecule has 0 radical (unpaired) electrons. The number of amides is 1. The number of aliphatic carboxylic acids is 1. The number of ether oxygens (including phenoxy) is 1. The highest BCUT2D eigenvalue weighted by atomic mass is 16.5. The number of carbonyl (C=O) groups is 2. The van der Waals surface area contributed by atoms with E-state index in [0.29, 0.717) is 25.4 Å². The standard InChI is InChI=1S/C11H20N2O4/c1-17-5-3-9(11(15)16)13-10(14)6-8-2-4-12-7-8/h8-9,12H,2-7H2,1H3,(H,13,14)(H,15,16). The fraction of sp³-hybridized carbons (Fsp3) is 0.818. The Morgan fingerprint density at radius 1 is 1.59 bits per heavy atom. The molecule has 1 aliphatic heterocycles. The summed E-state index contributed by atoms with van der Waals surface area (Å²) < 4.78 is 4.81. The van der Waals surface area contributed by atoms with Gasteiger partial charge < -0.3 is 20.5 Å². The van der Waals surface area contributed by atoms with Gasteiger partial charge in [-0.1, -0.05) is 0 Å². The van der Waals surface area contributed by atoms with E-state index in [-0.39, 0.29) is 5.91 Å². The Labute approximate surface area is 101 Å². The van der Waals surface area contributed by atoms with E-state index in [0.717, 1.165) is 19.5 Å². The lowest BCUT2D eigenvalue weighted by Gasteiger charge is -2.15. The van der Waals surface area contributed by atoms with Gasteiger partial charge in [0.25, 0.3) is 0 Å². The van der Waals surface area contributed by atoms with E-state index in [1.807, 2.05) is 0 Å². The molecule has 1 saturated heterocycles. The maximum atomic E-state index is 11.6. The average molecular weight is 244 g/mol. The van der Waals surface area contributed by atoms with Crippen LogP contribution in [0.4, 0.5) is 0 Å². The second-order valence-corrected chi connectivity index (χ2v) is 4.30. The highest BCUT2D eigenvalue weighted by Gasteiger charge is 2.23. The van der Waals surface area contributed by atoms with E-state index in [9.17, 15) is 9.59 Å². The maximum absolute atomic E-state index is 11.6. The first-order chi connectivity index (χ1) is 8.13. The Hall–Kier alpha value is -1.14. The van der Waals surface area contributed by atoms with Crippen LogP contribution >= 0.6 is 0 Å². The fourth-order valence-electron chi connectivity index (χ4n) is 1.90. The van der Waals surface area contributed by atoms with Crippen LogP contribution in [0.1, 0.15) is 19.3 Å². The van der Waals surface area contributed by atoms with E-state index >= 15 is 0 Å².